The van der Waals surface area contributed by atoms with Crippen LogP contribution in [0.5, 0.6) is 5.75 Å². The van der Waals surface area contributed by atoms with Gasteiger partial charge < -0.3 is 14.6 Å². The Morgan fingerprint density at radius 1 is 1.17 bits per heavy atom. The molecule has 30 heavy (non-hydrogen) atoms. The lowest BCUT2D eigenvalue weighted by molar-refractivity contribution is -0.113. The molecule has 0 unspecified atom stereocenters. The molecule has 0 aliphatic rings. The third kappa shape index (κ3) is 5.47. The molecule has 6 nitrogen and oxygen atoms in total. The Morgan fingerprint density at radius 3 is 2.60 bits per heavy atom. The maximum absolute atomic E-state index is 12.4. The molecule has 3 aromatic rings. The number of aryl methyl sites for hydroxylation is 2. The van der Waals surface area contributed by atoms with Gasteiger partial charge in [-0.05, 0) is 44.0 Å². The van der Waals surface area contributed by atoms with Crippen LogP contribution in [-0.2, 0) is 17.9 Å². The Hall–Kier alpha value is -2.22. The summed E-state index contributed by atoms with van der Waals surface area (Å²) in [5.41, 5.74) is 2.92. The van der Waals surface area contributed by atoms with Gasteiger partial charge in [-0.15, -0.1) is 10.2 Å². The van der Waals surface area contributed by atoms with Gasteiger partial charge in [-0.3, -0.25) is 4.79 Å². The first kappa shape index (κ1) is 22.5. The van der Waals surface area contributed by atoms with Crippen LogP contribution in [0.15, 0.2) is 41.6 Å². The maximum Gasteiger partial charge on any atom is 0.234 e. The third-order valence-corrected chi connectivity index (χ3v) is 5.95. The van der Waals surface area contributed by atoms with Crippen molar-refractivity contribution in [2.24, 2.45) is 0 Å². The zero-order chi connectivity index (χ0) is 21.7. The van der Waals surface area contributed by atoms with E-state index in [0.29, 0.717) is 33.3 Å². The zero-order valence-corrected chi connectivity index (χ0v) is 19.2. The van der Waals surface area contributed by atoms with Crippen molar-refractivity contribution in [2.45, 2.75) is 39.1 Å². The van der Waals surface area contributed by atoms with Gasteiger partial charge in [0.05, 0.1) is 10.8 Å². The lowest BCUT2D eigenvalue weighted by Gasteiger charge is -2.12. The number of para-hydroxylation sites is 1. The minimum absolute atomic E-state index is 0.0911. The van der Waals surface area contributed by atoms with Crippen LogP contribution in [0.1, 0.15) is 23.9 Å². The molecule has 158 valence electrons. The normalized spacial score (nSPS) is 10.8. The molecule has 2 aromatic carbocycles. The second-order valence-corrected chi connectivity index (χ2v) is 8.40. The lowest BCUT2D eigenvalue weighted by Crippen LogP contribution is -2.16. The number of aromatic nitrogens is 3. The predicted molar refractivity (Wildman–Crippen MR) is 122 cm³/mol. The van der Waals surface area contributed by atoms with E-state index in [9.17, 15) is 4.79 Å². The van der Waals surface area contributed by atoms with E-state index >= 15 is 0 Å². The van der Waals surface area contributed by atoms with Crippen LogP contribution < -0.4 is 10.1 Å². The van der Waals surface area contributed by atoms with E-state index < -0.39 is 0 Å². The average molecular weight is 465 g/mol. The van der Waals surface area contributed by atoms with Crippen molar-refractivity contribution in [2.75, 3.05) is 11.1 Å². The van der Waals surface area contributed by atoms with Crippen LogP contribution >= 0.6 is 35.0 Å². The van der Waals surface area contributed by atoms with Crippen LogP contribution in [0.3, 0.4) is 0 Å². The summed E-state index contributed by atoms with van der Waals surface area (Å²) < 4.78 is 7.67. The van der Waals surface area contributed by atoms with Crippen molar-refractivity contribution in [1.29, 1.82) is 0 Å². The molecule has 0 saturated heterocycles. The Morgan fingerprint density at radius 2 is 1.90 bits per heavy atom. The molecule has 1 N–H and O–H groups in total. The number of amides is 1. The van der Waals surface area contributed by atoms with Crippen LogP contribution in [-0.4, -0.2) is 26.4 Å². The fourth-order valence-electron chi connectivity index (χ4n) is 2.90. The van der Waals surface area contributed by atoms with Crippen LogP contribution in [0.2, 0.25) is 10.0 Å². The van der Waals surface area contributed by atoms with Crippen molar-refractivity contribution in [1.82, 2.24) is 14.8 Å². The van der Waals surface area contributed by atoms with Crippen molar-refractivity contribution < 1.29 is 9.53 Å². The zero-order valence-electron chi connectivity index (χ0n) is 16.9. The lowest BCUT2D eigenvalue weighted by atomic mass is 10.1. The second kappa shape index (κ2) is 10.2. The smallest absolute Gasteiger partial charge is 0.234 e. The summed E-state index contributed by atoms with van der Waals surface area (Å²) in [5, 5.41) is 13.1. The van der Waals surface area contributed by atoms with Gasteiger partial charge in [0, 0.05) is 23.3 Å². The Kier molecular flexibility index (Phi) is 7.64. The van der Waals surface area contributed by atoms with Crippen LogP contribution in [0.4, 0.5) is 5.69 Å². The highest BCUT2D eigenvalue weighted by Gasteiger charge is 2.15. The number of carbonyl (C=O) groups is 1. The number of carbonyl (C=O) groups excluding carboxylic acids is 1. The summed E-state index contributed by atoms with van der Waals surface area (Å²) in [7, 11) is 0. The number of benzene rings is 2. The molecule has 1 aromatic heterocycles. The number of hydrogen-bond acceptors (Lipinski definition) is 5. The van der Waals surface area contributed by atoms with Gasteiger partial charge >= 0.3 is 0 Å². The van der Waals surface area contributed by atoms with E-state index in [-0.39, 0.29) is 18.3 Å². The highest BCUT2D eigenvalue weighted by atomic mass is 35.5. The van der Waals surface area contributed by atoms with Gasteiger partial charge in [-0.1, -0.05) is 53.2 Å². The minimum Gasteiger partial charge on any atom is -0.484 e. The Balaban J connectivity index is 1.62. The quantitative estimate of drug-likeness (QED) is 0.443. The first-order chi connectivity index (χ1) is 14.4. The largest absolute Gasteiger partial charge is 0.484 e. The molecule has 0 radical (unpaired) electrons. The van der Waals surface area contributed by atoms with Crippen molar-refractivity contribution >= 4 is 46.6 Å². The highest BCUT2D eigenvalue weighted by molar-refractivity contribution is 7.99. The standard InChI is InChI=1S/C21H22Cl2N4O2S/c1-4-27-18(11-29-17-10-15(22)8-9-16(17)23)25-26-21(27)30-12-19(28)24-20-13(2)6-5-7-14(20)3/h5-10H,4,11-12H2,1-3H3,(H,24,28). The molecule has 0 aliphatic heterocycles. The Bertz CT molecular complexity index is 1040. The fraction of sp³-hybridized carbons (Fsp3) is 0.286. The molecule has 0 aliphatic carbocycles. The SMILES string of the molecule is CCn1c(COc2cc(Cl)ccc2Cl)nnc1SCC(=O)Nc1c(C)cccc1C. The van der Waals surface area contributed by atoms with E-state index in [2.05, 4.69) is 15.5 Å². The summed E-state index contributed by atoms with van der Waals surface area (Å²) in [6, 6.07) is 11.0. The number of nitrogens with zero attached hydrogens (tertiary/aromatic N) is 3. The highest BCUT2D eigenvalue weighted by Crippen LogP contribution is 2.28. The van der Waals surface area contributed by atoms with Gasteiger partial charge in [-0.25, -0.2) is 0 Å². The molecule has 0 spiro atoms. The molecule has 0 atom stereocenters. The monoisotopic (exact) mass is 464 g/mol. The maximum atomic E-state index is 12.4. The van der Waals surface area contributed by atoms with E-state index in [1.54, 1.807) is 18.2 Å². The van der Waals surface area contributed by atoms with Gasteiger partial charge in [0.1, 0.15) is 12.4 Å². The first-order valence-corrected chi connectivity index (χ1v) is 11.1. The van der Waals surface area contributed by atoms with Crippen molar-refractivity contribution in [3.63, 3.8) is 0 Å². The number of hydrogen-bond donors (Lipinski definition) is 1. The predicted octanol–water partition coefficient (Wildman–Crippen LogP) is 5.53. The van der Waals surface area contributed by atoms with Gasteiger partial charge in [-0.2, -0.15) is 0 Å². The topological polar surface area (TPSA) is 69.0 Å². The van der Waals surface area contributed by atoms with Gasteiger partial charge in [0.15, 0.2) is 11.0 Å². The average Bonchev–Trinajstić information content (AvgIpc) is 3.11. The van der Waals surface area contributed by atoms with Crippen molar-refractivity contribution in [3.05, 3.63) is 63.4 Å². The number of nitrogens with one attached hydrogen (secondary N) is 1. The van der Waals surface area contributed by atoms with Gasteiger partial charge in [0.25, 0.3) is 0 Å². The van der Waals surface area contributed by atoms with E-state index in [4.69, 9.17) is 27.9 Å². The summed E-state index contributed by atoms with van der Waals surface area (Å²) in [6.45, 7) is 6.77. The summed E-state index contributed by atoms with van der Waals surface area (Å²) in [5.74, 6) is 1.27. The number of anilines is 1. The first-order valence-electron chi connectivity index (χ1n) is 9.37. The summed E-state index contributed by atoms with van der Waals surface area (Å²) in [4.78, 5) is 12.4. The molecule has 0 saturated carbocycles. The van der Waals surface area contributed by atoms with Crippen molar-refractivity contribution in [3.8, 4) is 5.75 Å². The number of thioether (sulfide) groups is 1. The molecule has 1 heterocycles. The number of ether oxygens (including phenoxy) is 1. The molecular weight excluding hydrogens is 443 g/mol. The minimum atomic E-state index is -0.0911. The second-order valence-electron chi connectivity index (χ2n) is 6.61. The Labute approximate surface area is 189 Å². The number of rotatable bonds is 8. The summed E-state index contributed by atoms with van der Waals surface area (Å²) >= 11 is 13.5. The fourth-order valence-corrected chi connectivity index (χ4v) is 4.05. The van der Waals surface area contributed by atoms with Gasteiger partial charge in [0.2, 0.25) is 5.91 Å². The molecule has 0 fully saturated rings. The molecule has 1 amide bonds. The van der Waals surface area contributed by atoms with E-state index in [0.717, 1.165) is 16.8 Å². The molecule has 9 heteroatoms. The van der Waals surface area contributed by atoms with Crippen LogP contribution in [0, 0.1) is 13.8 Å². The van der Waals surface area contributed by atoms with E-state index in [1.807, 2.05) is 43.5 Å². The van der Waals surface area contributed by atoms with Crippen LogP contribution in [0.25, 0.3) is 0 Å². The number of halogens is 2. The molecule has 0 bridgehead atoms. The third-order valence-electron chi connectivity index (χ3n) is 4.44. The molecular formula is C21H22Cl2N4O2S. The molecule has 3 rings (SSSR count). The summed E-state index contributed by atoms with van der Waals surface area (Å²) in [6.07, 6.45) is 0. The van der Waals surface area contributed by atoms with E-state index in [1.165, 1.54) is 11.8 Å².